The van der Waals surface area contributed by atoms with E-state index in [1.54, 1.807) is 18.2 Å². The number of ether oxygens (including phenoxy) is 2. The van der Waals surface area contributed by atoms with Gasteiger partial charge in [0, 0.05) is 25.2 Å². The zero-order valence-electron chi connectivity index (χ0n) is 14.1. The maximum atomic E-state index is 12.3. The number of hydrogen-bond donors (Lipinski definition) is 1. The molecule has 1 amide bonds. The molecule has 1 heterocycles. The van der Waals surface area contributed by atoms with Gasteiger partial charge in [-0.2, -0.15) is 0 Å². The van der Waals surface area contributed by atoms with Gasteiger partial charge in [-0.05, 0) is 24.6 Å². The van der Waals surface area contributed by atoms with Crippen LogP contribution in [0.25, 0.3) is 0 Å². The van der Waals surface area contributed by atoms with Crippen LogP contribution in [-0.2, 0) is 10.0 Å². The van der Waals surface area contributed by atoms with Gasteiger partial charge in [0.05, 0.1) is 5.75 Å². The highest BCUT2D eigenvalue weighted by Gasteiger charge is 2.20. The molecule has 2 rings (SSSR count). The lowest BCUT2D eigenvalue weighted by Crippen LogP contribution is -2.38. The van der Waals surface area contributed by atoms with Crippen molar-refractivity contribution in [3.8, 4) is 11.5 Å². The van der Waals surface area contributed by atoms with Crippen molar-refractivity contribution in [3.63, 3.8) is 0 Å². The fourth-order valence-electron chi connectivity index (χ4n) is 2.39. The monoisotopic (exact) mass is 356 g/mol. The summed E-state index contributed by atoms with van der Waals surface area (Å²) < 4.78 is 36.4. The molecule has 0 fully saturated rings. The van der Waals surface area contributed by atoms with Crippen molar-refractivity contribution in [2.75, 3.05) is 32.2 Å². The second kappa shape index (κ2) is 8.34. The first-order valence-electron chi connectivity index (χ1n) is 8.13. The predicted octanol–water partition coefficient (Wildman–Crippen LogP) is 1.60. The highest BCUT2D eigenvalue weighted by atomic mass is 32.2. The van der Waals surface area contributed by atoms with Gasteiger partial charge >= 0.3 is 0 Å². The molecule has 0 saturated heterocycles. The van der Waals surface area contributed by atoms with Crippen molar-refractivity contribution in [3.05, 3.63) is 23.8 Å². The second-order valence-electron chi connectivity index (χ2n) is 5.49. The number of rotatable bonds is 9. The van der Waals surface area contributed by atoms with Crippen LogP contribution < -0.4 is 14.8 Å². The standard InChI is InChI=1S/C16H24N2O5S/c1-3-5-9-18(4-2)24(20,21)10-8-17-16(19)13-6-7-14-15(11-13)23-12-22-14/h6-7,11H,3-5,8-10,12H2,1-2H3,(H,17,19). The minimum atomic E-state index is -3.36. The molecule has 0 spiro atoms. The fraction of sp³-hybridized carbons (Fsp3) is 0.562. The number of benzene rings is 1. The Balaban J connectivity index is 1.87. The van der Waals surface area contributed by atoms with Crippen molar-refractivity contribution >= 4 is 15.9 Å². The van der Waals surface area contributed by atoms with Gasteiger partial charge < -0.3 is 14.8 Å². The Morgan fingerprint density at radius 2 is 2.00 bits per heavy atom. The molecule has 0 aromatic heterocycles. The third-order valence-corrected chi connectivity index (χ3v) is 5.74. The lowest BCUT2D eigenvalue weighted by molar-refractivity contribution is 0.0955. The lowest BCUT2D eigenvalue weighted by Gasteiger charge is -2.20. The van der Waals surface area contributed by atoms with E-state index in [-0.39, 0.29) is 25.0 Å². The van der Waals surface area contributed by atoms with Gasteiger partial charge in [0.2, 0.25) is 16.8 Å². The summed E-state index contributed by atoms with van der Waals surface area (Å²) in [7, 11) is -3.36. The third-order valence-electron chi connectivity index (χ3n) is 3.79. The molecule has 134 valence electrons. The van der Waals surface area contributed by atoms with Crippen molar-refractivity contribution in [2.24, 2.45) is 0 Å². The summed E-state index contributed by atoms with van der Waals surface area (Å²) in [5, 5.41) is 2.64. The van der Waals surface area contributed by atoms with E-state index in [9.17, 15) is 13.2 Å². The van der Waals surface area contributed by atoms with Crippen LogP contribution in [0.15, 0.2) is 18.2 Å². The molecule has 1 N–H and O–H groups in total. The molecule has 1 aromatic carbocycles. The first-order valence-corrected chi connectivity index (χ1v) is 9.74. The maximum absolute atomic E-state index is 12.3. The van der Waals surface area contributed by atoms with Crippen LogP contribution >= 0.6 is 0 Å². The van der Waals surface area contributed by atoms with Crippen molar-refractivity contribution in [1.29, 1.82) is 0 Å². The van der Waals surface area contributed by atoms with Gasteiger partial charge in [-0.3, -0.25) is 4.79 Å². The molecule has 0 atom stereocenters. The smallest absolute Gasteiger partial charge is 0.251 e. The van der Waals surface area contributed by atoms with E-state index in [0.29, 0.717) is 30.2 Å². The van der Waals surface area contributed by atoms with E-state index in [1.165, 1.54) is 4.31 Å². The Bertz CT molecular complexity index is 675. The largest absolute Gasteiger partial charge is 0.454 e. The molecule has 1 aliphatic heterocycles. The molecule has 0 bridgehead atoms. The summed E-state index contributed by atoms with van der Waals surface area (Å²) in [6, 6.07) is 4.88. The Labute approximate surface area is 143 Å². The first-order chi connectivity index (χ1) is 11.5. The zero-order chi connectivity index (χ0) is 17.6. The number of unbranched alkanes of at least 4 members (excludes halogenated alkanes) is 1. The number of nitrogens with one attached hydrogen (secondary N) is 1. The Hall–Kier alpha value is -1.80. The average Bonchev–Trinajstić information content (AvgIpc) is 3.02. The highest BCUT2D eigenvalue weighted by molar-refractivity contribution is 7.89. The number of sulfonamides is 1. The van der Waals surface area contributed by atoms with Gasteiger partial charge in [-0.1, -0.05) is 20.3 Å². The molecule has 8 heteroatoms. The summed E-state index contributed by atoms with van der Waals surface area (Å²) >= 11 is 0. The Kier molecular flexibility index (Phi) is 6.44. The van der Waals surface area contributed by atoms with E-state index >= 15 is 0 Å². The maximum Gasteiger partial charge on any atom is 0.251 e. The predicted molar refractivity (Wildman–Crippen MR) is 90.8 cm³/mol. The van der Waals surface area contributed by atoms with E-state index in [1.807, 2.05) is 13.8 Å². The number of hydrogen-bond acceptors (Lipinski definition) is 5. The zero-order valence-corrected chi connectivity index (χ0v) is 14.9. The van der Waals surface area contributed by atoms with Crippen LogP contribution in [0.3, 0.4) is 0 Å². The molecule has 0 saturated carbocycles. The van der Waals surface area contributed by atoms with Gasteiger partial charge in [0.15, 0.2) is 11.5 Å². The normalized spacial score (nSPS) is 13.3. The molecule has 24 heavy (non-hydrogen) atoms. The van der Waals surface area contributed by atoms with E-state index in [4.69, 9.17) is 9.47 Å². The van der Waals surface area contributed by atoms with Gasteiger partial charge in [0.25, 0.3) is 5.91 Å². The molecule has 0 aliphatic carbocycles. The van der Waals surface area contributed by atoms with Crippen molar-refractivity contribution in [2.45, 2.75) is 26.7 Å². The number of fused-ring (bicyclic) bond motifs is 1. The summed E-state index contributed by atoms with van der Waals surface area (Å²) in [4.78, 5) is 12.1. The average molecular weight is 356 g/mol. The topological polar surface area (TPSA) is 84.9 Å². The molecule has 1 aliphatic rings. The molecule has 7 nitrogen and oxygen atoms in total. The van der Waals surface area contributed by atoms with E-state index < -0.39 is 10.0 Å². The van der Waals surface area contributed by atoms with E-state index in [2.05, 4.69) is 5.32 Å². The third kappa shape index (κ3) is 4.61. The SMILES string of the molecule is CCCCN(CC)S(=O)(=O)CCNC(=O)c1ccc2c(c1)OCO2. The molecular weight excluding hydrogens is 332 g/mol. The highest BCUT2D eigenvalue weighted by Crippen LogP contribution is 2.32. The van der Waals surface area contributed by atoms with Gasteiger partial charge in [0.1, 0.15) is 0 Å². The van der Waals surface area contributed by atoms with E-state index in [0.717, 1.165) is 12.8 Å². The van der Waals surface area contributed by atoms with Crippen LogP contribution in [0.4, 0.5) is 0 Å². The summed E-state index contributed by atoms with van der Waals surface area (Å²) in [6.45, 7) is 5.01. The summed E-state index contributed by atoms with van der Waals surface area (Å²) in [5.41, 5.74) is 0.412. The summed E-state index contributed by atoms with van der Waals surface area (Å²) in [5.74, 6) is 0.677. The number of amides is 1. The molecule has 1 aromatic rings. The first kappa shape index (κ1) is 18.5. The number of carbonyl (C=O) groups is 1. The number of carbonyl (C=O) groups excluding carboxylic acids is 1. The molecule has 0 radical (unpaired) electrons. The van der Waals surface area contributed by atoms with Crippen molar-refractivity contribution in [1.82, 2.24) is 9.62 Å². The van der Waals surface area contributed by atoms with Crippen molar-refractivity contribution < 1.29 is 22.7 Å². The van der Waals surface area contributed by atoms with Crippen LogP contribution in [-0.4, -0.2) is 50.8 Å². The Morgan fingerprint density at radius 1 is 1.25 bits per heavy atom. The minimum Gasteiger partial charge on any atom is -0.454 e. The quantitative estimate of drug-likeness (QED) is 0.726. The van der Waals surface area contributed by atoms with Crippen LogP contribution in [0.2, 0.25) is 0 Å². The number of nitrogens with zero attached hydrogens (tertiary/aromatic N) is 1. The van der Waals surface area contributed by atoms with Crippen LogP contribution in [0.1, 0.15) is 37.0 Å². The lowest BCUT2D eigenvalue weighted by atomic mass is 10.2. The second-order valence-corrected chi connectivity index (χ2v) is 7.57. The molecule has 0 unspecified atom stereocenters. The summed E-state index contributed by atoms with van der Waals surface area (Å²) in [6.07, 6.45) is 1.77. The van der Waals surface area contributed by atoms with Gasteiger partial charge in [-0.15, -0.1) is 0 Å². The van der Waals surface area contributed by atoms with Crippen LogP contribution in [0, 0.1) is 0 Å². The van der Waals surface area contributed by atoms with Crippen LogP contribution in [0.5, 0.6) is 11.5 Å². The minimum absolute atomic E-state index is 0.0677. The van der Waals surface area contributed by atoms with Gasteiger partial charge in [-0.25, -0.2) is 12.7 Å². The fourth-order valence-corrected chi connectivity index (χ4v) is 3.81. The Morgan fingerprint density at radius 3 is 2.71 bits per heavy atom. The molecular formula is C16H24N2O5S.